The minimum Gasteiger partial charge on any atom is -0.443 e. The summed E-state index contributed by atoms with van der Waals surface area (Å²) in [5.41, 5.74) is 2.49. The van der Waals surface area contributed by atoms with Crippen molar-refractivity contribution >= 4 is 33.3 Å². The molecule has 3 heterocycles. The Balaban J connectivity index is 1.63. The molecule has 5 nitrogen and oxygen atoms in total. The lowest BCUT2D eigenvalue weighted by molar-refractivity contribution is 0.0327. The minimum absolute atomic E-state index is 0.276. The second-order valence-corrected chi connectivity index (χ2v) is 11.0. The van der Waals surface area contributed by atoms with Crippen LogP contribution in [0.3, 0.4) is 0 Å². The Morgan fingerprint density at radius 1 is 1.23 bits per heavy atom. The number of hydrogen-bond acceptors (Lipinski definition) is 5. The normalized spacial score (nSPS) is 25.6. The standard InChI is InChI=1S/C24H33N3O2S/c1-15-7-9-20(27(13-15)23(28)29-24(3,4)5)17-8-10-21-19(12-17)25-22(30-21)18-11-16(2)26(6)14-18/h8-10,12,15-16,18H,7,11,13-14H2,1-6H3/t15-,16?,18?/m0/s1. The van der Waals surface area contributed by atoms with Crippen LogP contribution in [0.1, 0.15) is 63.9 Å². The molecule has 1 amide bonds. The smallest absolute Gasteiger partial charge is 0.414 e. The number of carbonyl (C=O) groups excluding carboxylic acids is 1. The summed E-state index contributed by atoms with van der Waals surface area (Å²) in [6, 6.07) is 7.01. The van der Waals surface area contributed by atoms with E-state index in [0.29, 0.717) is 24.4 Å². The second kappa shape index (κ2) is 7.97. The van der Waals surface area contributed by atoms with Crippen LogP contribution in [-0.2, 0) is 4.74 Å². The molecule has 4 rings (SSSR count). The highest BCUT2D eigenvalue weighted by molar-refractivity contribution is 7.18. The summed E-state index contributed by atoms with van der Waals surface area (Å²) in [4.78, 5) is 22.1. The molecule has 162 valence electrons. The van der Waals surface area contributed by atoms with Gasteiger partial charge in [0, 0.05) is 30.6 Å². The van der Waals surface area contributed by atoms with E-state index in [1.807, 2.05) is 20.8 Å². The first-order valence-corrected chi connectivity index (χ1v) is 11.7. The maximum atomic E-state index is 12.9. The maximum Gasteiger partial charge on any atom is 0.414 e. The van der Waals surface area contributed by atoms with E-state index in [2.05, 4.69) is 50.1 Å². The van der Waals surface area contributed by atoms with Gasteiger partial charge in [0.1, 0.15) is 5.60 Å². The zero-order valence-electron chi connectivity index (χ0n) is 18.9. The van der Waals surface area contributed by atoms with Crippen LogP contribution in [-0.4, -0.2) is 52.7 Å². The van der Waals surface area contributed by atoms with Gasteiger partial charge in [0.2, 0.25) is 0 Å². The first-order valence-electron chi connectivity index (χ1n) is 10.9. The first kappa shape index (κ1) is 21.3. The average molecular weight is 428 g/mol. The van der Waals surface area contributed by atoms with E-state index < -0.39 is 5.60 Å². The Morgan fingerprint density at radius 3 is 2.67 bits per heavy atom. The number of likely N-dealkylation sites (N-methyl/N-ethyl adjacent to an activating group) is 1. The molecule has 0 bridgehead atoms. The molecule has 0 N–H and O–H groups in total. The van der Waals surface area contributed by atoms with Crippen molar-refractivity contribution in [1.29, 1.82) is 0 Å². The highest BCUT2D eigenvalue weighted by atomic mass is 32.1. The minimum atomic E-state index is -0.512. The fraction of sp³-hybridized carbons (Fsp3) is 0.583. The number of likely N-dealkylation sites (tertiary alicyclic amines) is 1. The van der Waals surface area contributed by atoms with Gasteiger partial charge in [-0.25, -0.2) is 9.78 Å². The van der Waals surface area contributed by atoms with Crippen molar-refractivity contribution in [2.45, 2.75) is 65.0 Å². The SMILES string of the molecule is CC1CC(c2nc3cc(C4=CC[C@H](C)CN4C(=O)OC(C)(C)C)ccc3s2)CN1C. The van der Waals surface area contributed by atoms with Crippen molar-refractivity contribution in [3.8, 4) is 0 Å². The maximum absolute atomic E-state index is 12.9. The fourth-order valence-electron chi connectivity index (χ4n) is 4.32. The molecule has 0 spiro atoms. The molecule has 2 aliphatic heterocycles. The number of rotatable bonds is 2. The van der Waals surface area contributed by atoms with Crippen molar-refractivity contribution in [3.05, 3.63) is 34.8 Å². The van der Waals surface area contributed by atoms with Gasteiger partial charge in [-0.2, -0.15) is 0 Å². The van der Waals surface area contributed by atoms with E-state index in [4.69, 9.17) is 9.72 Å². The van der Waals surface area contributed by atoms with Gasteiger partial charge in [0.25, 0.3) is 0 Å². The van der Waals surface area contributed by atoms with Crippen molar-refractivity contribution in [1.82, 2.24) is 14.8 Å². The lowest BCUT2D eigenvalue weighted by Crippen LogP contribution is -2.39. The molecule has 3 atom stereocenters. The Hall–Kier alpha value is -1.92. The number of aromatic nitrogens is 1. The number of fused-ring (bicyclic) bond motifs is 1. The molecule has 0 saturated carbocycles. The van der Waals surface area contributed by atoms with Gasteiger partial charge in [-0.15, -0.1) is 11.3 Å². The summed E-state index contributed by atoms with van der Waals surface area (Å²) in [7, 11) is 2.19. The monoisotopic (exact) mass is 427 g/mol. The summed E-state index contributed by atoms with van der Waals surface area (Å²) in [6.07, 6.45) is 4.02. The number of amides is 1. The molecule has 1 aromatic carbocycles. The summed E-state index contributed by atoms with van der Waals surface area (Å²) >= 11 is 1.81. The zero-order chi connectivity index (χ0) is 21.6. The number of thiazole rings is 1. The second-order valence-electron chi connectivity index (χ2n) is 9.98. The van der Waals surface area contributed by atoms with Gasteiger partial charge >= 0.3 is 6.09 Å². The molecule has 2 aliphatic rings. The third-order valence-corrected chi connectivity index (χ3v) is 7.25. The molecule has 0 radical (unpaired) electrons. The number of allylic oxidation sites excluding steroid dienone is 1. The van der Waals surface area contributed by atoms with E-state index in [1.165, 1.54) is 16.1 Å². The predicted molar refractivity (Wildman–Crippen MR) is 124 cm³/mol. The summed E-state index contributed by atoms with van der Waals surface area (Å²) < 4.78 is 6.90. The van der Waals surface area contributed by atoms with Gasteiger partial charge in [-0.1, -0.05) is 19.1 Å². The Labute approximate surface area is 183 Å². The molecular formula is C24H33N3O2S. The number of benzene rings is 1. The number of ether oxygens (including phenoxy) is 1. The molecule has 0 aliphatic carbocycles. The Kier molecular flexibility index (Phi) is 5.66. The van der Waals surface area contributed by atoms with Gasteiger partial charge in [-0.3, -0.25) is 4.90 Å². The van der Waals surface area contributed by atoms with Crippen LogP contribution < -0.4 is 0 Å². The topological polar surface area (TPSA) is 45.7 Å². The van der Waals surface area contributed by atoms with Gasteiger partial charge in [-0.05, 0) is 65.6 Å². The Morgan fingerprint density at radius 2 is 2.00 bits per heavy atom. The largest absolute Gasteiger partial charge is 0.443 e. The van der Waals surface area contributed by atoms with Crippen LogP contribution in [0.2, 0.25) is 0 Å². The molecular weight excluding hydrogens is 394 g/mol. The van der Waals surface area contributed by atoms with Crippen LogP contribution >= 0.6 is 11.3 Å². The molecule has 2 aromatic rings. The molecule has 2 unspecified atom stereocenters. The molecule has 6 heteroatoms. The van der Waals surface area contributed by atoms with Crippen LogP contribution in [0.5, 0.6) is 0 Å². The summed E-state index contributed by atoms with van der Waals surface area (Å²) in [5.74, 6) is 0.927. The van der Waals surface area contributed by atoms with E-state index in [1.54, 1.807) is 16.2 Å². The third-order valence-electron chi connectivity index (χ3n) is 6.05. The van der Waals surface area contributed by atoms with Gasteiger partial charge < -0.3 is 9.64 Å². The molecule has 1 saturated heterocycles. The van der Waals surface area contributed by atoms with E-state index >= 15 is 0 Å². The summed E-state index contributed by atoms with van der Waals surface area (Å²) in [5, 5.41) is 1.23. The highest BCUT2D eigenvalue weighted by Gasteiger charge is 2.31. The molecule has 1 aromatic heterocycles. The van der Waals surface area contributed by atoms with Gasteiger partial charge in [0.05, 0.1) is 20.9 Å². The quantitative estimate of drug-likeness (QED) is 0.615. The van der Waals surface area contributed by atoms with Crippen molar-refractivity contribution in [2.24, 2.45) is 5.92 Å². The lowest BCUT2D eigenvalue weighted by atomic mass is 9.98. The highest BCUT2D eigenvalue weighted by Crippen LogP contribution is 2.37. The van der Waals surface area contributed by atoms with Crippen LogP contribution in [0.4, 0.5) is 4.79 Å². The van der Waals surface area contributed by atoms with Crippen molar-refractivity contribution in [3.63, 3.8) is 0 Å². The van der Waals surface area contributed by atoms with E-state index in [0.717, 1.165) is 29.7 Å². The van der Waals surface area contributed by atoms with Crippen molar-refractivity contribution in [2.75, 3.05) is 20.1 Å². The van der Waals surface area contributed by atoms with Crippen LogP contribution in [0, 0.1) is 5.92 Å². The zero-order valence-corrected chi connectivity index (χ0v) is 19.8. The number of carbonyl (C=O) groups is 1. The predicted octanol–water partition coefficient (Wildman–Crippen LogP) is 5.72. The van der Waals surface area contributed by atoms with Gasteiger partial charge in [0.15, 0.2) is 0 Å². The number of nitrogens with zero attached hydrogens (tertiary/aromatic N) is 3. The average Bonchev–Trinajstić information content (AvgIpc) is 3.23. The summed E-state index contributed by atoms with van der Waals surface area (Å²) in [6.45, 7) is 11.9. The van der Waals surface area contributed by atoms with Crippen LogP contribution in [0.15, 0.2) is 24.3 Å². The van der Waals surface area contributed by atoms with E-state index in [-0.39, 0.29) is 6.09 Å². The first-order chi connectivity index (χ1) is 14.1. The van der Waals surface area contributed by atoms with E-state index in [9.17, 15) is 4.79 Å². The molecule has 1 fully saturated rings. The van der Waals surface area contributed by atoms with Crippen LogP contribution in [0.25, 0.3) is 15.9 Å². The van der Waals surface area contributed by atoms with Crippen molar-refractivity contribution < 1.29 is 9.53 Å². The Bertz CT molecular complexity index is 964. The fourth-order valence-corrected chi connectivity index (χ4v) is 5.38. The third kappa shape index (κ3) is 4.40. The number of hydrogen-bond donors (Lipinski definition) is 0. The lowest BCUT2D eigenvalue weighted by Gasteiger charge is -2.33. The molecule has 30 heavy (non-hydrogen) atoms.